The van der Waals surface area contributed by atoms with Gasteiger partial charge in [-0.1, -0.05) is 24.3 Å². The van der Waals surface area contributed by atoms with Crippen LogP contribution in [0.1, 0.15) is 17.5 Å². The monoisotopic (exact) mass is 273 g/mol. The van der Waals surface area contributed by atoms with Gasteiger partial charge in [0.2, 0.25) is 5.91 Å². The molecular weight excluding hydrogens is 254 g/mol. The second kappa shape index (κ2) is 7.40. The molecule has 0 aliphatic rings. The molecule has 2 rings (SSSR count). The van der Waals surface area contributed by atoms with Crippen LogP contribution in [0, 0.1) is 0 Å². The number of carbonyl (C=O) groups excluding carboxylic acids is 1. The Morgan fingerprint density at radius 1 is 1.30 bits per heavy atom. The molecule has 6 heteroatoms. The molecule has 0 aliphatic carbocycles. The van der Waals surface area contributed by atoms with Crippen molar-refractivity contribution in [3.63, 3.8) is 0 Å². The SMILES string of the molecule is CNCCC(=O)NCc1ccccc1Cn1cncn1. The van der Waals surface area contributed by atoms with Gasteiger partial charge in [0.25, 0.3) is 0 Å². The van der Waals surface area contributed by atoms with E-state index >= 15 is 0 Å². The van der Waals surface area contributed by atoms with E-state index in [2.05, 4.69) is 20.7 Å². The Morgan fingerprint density at radius 2 is 2.10 bits per heavy atom. The van der Waals surface area contributed by atoms with Crippen molar-refractivity contribution in [2.24, 2.45) is 0 Å². The van der Waals surface area contributed by atoms with E-state index in [0.29, 0.717) is 26.1 Å². The first kappa shape index (κ1) is 14.2. The van der Waals surface area contributed by atoms with Crippen LogP contribution in [-0.4, -0.2) is 34.3 Å². The largest absolute Gasteiger partial charge is 0.352 e. The normalized spacial score (nSPS) is 10.4. The van der Waals surface area contributed by atoms with Crippen LogP contribution in [0.15, 0.2) is 36.9 Å². The first-order valence-electron chi connectivity index (χ1n) is 6.60. The van der Waals surface area contributed by atoms with E-state index in [1.54, 1.807) is 11.0 Å². The molecule has 20 heavy (non-hydrogen) atoms. The molecule has 106 valence electrons. The zero-order valence-corrected chi connectivity index (χ0v) is 11.5. The van der Waals surface area contributed by atoms with Crippen LogP contribution in [0.5, 0.6) is 0 Å². The summed E-state index contributed by atoms with van der Waals surface area (Å²) in [5.74, 6) is 0.0508. The van der Waals surface area contributed by atoms with Gasteiger partial charge in [-0.15, -0.1) is 0 Å². The van der Waals surface area contributed by atoms with Crippen LogP contribution in [-0.2, 0) is 17.9 Å². The zero-order chi connectivity index (χ0) is 14.2. The molecular formula is C14H19N5O. The van der Waals surface area contributed by atoms with Crippen molar-refractivity contribution in [3.05, 3.63) is 48.0 Å². The molecule has 1 heterocycles. The highest BCUT2D eigenvalue weighted by Crippen LogP contribution is 2.10. The van der Waals surface area contributed by atoms with Gasteiger partial charge in [0.05, 0.1) is 6.54 Å². The third-order valence-corrected chi connectivity index (χ3v) is 3.00. The van der Waals surface area contributed by atoms with Crippen LogP contribution in [0.25, 0.3) is 0 Å². The Morgan fingerprint density at radius 3 is 2.80 bits per heavy atom. The van der Waals surface area contributed by atoms with Gasteiger partial charge in [-0.3, -0.25) is 4.79 Å². The van der Waals surface area contributed by atoms with E-state index in [1.165, 1.54) is 6.33 Å². The van der Waals surface area contributed by atoms with Crippen molar-refractivity contribution in [2.45, 2.75) is 19.5 Å². The lowest BCUT2D eigenvalue weighted by molar-refractivity contribution is -0.121. The number of benzene rings is 1. The maximum atomic E-state index is 11.6. The Bertz CT molecular complexity index is 538. The van der Waals surface area contributed by atoms with Crippen molar-refractivity contribution in [2.75, 3.05) is 13.6 Å². The Balaban J connectivity index is 1.95. The number of nitrogens with one attached hydrogen (secondary N) is 2. The Kier molecular flexibility index (Phi) is 5.25. The molecule has 1 amide bonds. The van der Waals surface area contributed by atoms with E-state index in [0.717, 1.165) is 11.1 Å². The van der Waals surface area contributed by atoms with Crippen LogP contribution in [0.3, 0.4) is 0 Å². The molecule has 0 atom stereocenters. The smallest absolute Gasteiger partial charge is 0.221 e. The van der Waals surface area contributed by atoms with Crippen molar-refractivity contribution >= 4 is 5.91 Å². The molecule has 0 spiro atoms. The number of hydrogen-bond donors (Lipinski definition) is 2. The fraction of sp³-hybridized carbons (Fsp3) is 0.357. The highest BCUT2D eigenvalue weighted by Gasteiger charge is 2.05. The predicted molar refractivity (Wildman–Crippen MR) is 76.0 cm³/mol. The average molecular weight is 273 g/mol. The molecule has 0 radical (unpaired) electrons. The first-order chi connectivity index (χ1) is 9.79. The van der Waals surface area contributed by atoms with Gasteiger partial charge in [0.1, 0.15) is 12.7 Å². The molecule has 0 bridgehead atoms. The maximum Gasteiger partial charge on any atom is 0.221 e. The number of carbonyl (C=O) groups is 1. The average Bonchev–Trinajstić information content (AvgIpc) is 2.97. The minimum Gasteiger partial charge on any atom is -0.352 e. The second-order valence-corrected chi connectivity index (χ2v) is 4.49. The van der Waals surface area contributed by atoms with Crippen molar-refractivity contribution in [3.8, 4) is 0 Å². The van der Waals surface area contributed by atoms with E-state index in [-0.39, 0.29) is 5.91 Å². The summed E-state index contributed by atoms with van der Waals surface area (Å²) in [4.78, 5) is 15.6. The molecule has 0 unspecified atom stereocenters. The molecule has 0 saturated carbocycles. The molecule has 1 aromatic heterocycles. The minimum atomic E-state index is 0.0508. The van der Waals surface area contributed by atoms with Crippen molar-refractivity contribution < 1.29 is 4.79 Å². The lowest BCUT2D eigenvalue weighted by Crippen LogP contribution is -2.26. The number of amides is 1. The third-order valence-electron chi connectivity index (χ3n) is 3.00. The van der Waals surface area contributed by atoms with Gasteiger partial charge in [-0.05, 0) is 18.2 Å². The van der Waals surface area contributed by atoms with Crippen LogP contribution in [0.2, 0.25) is 0 Å². The number of rotatable bonds is 7. The standard InChI is InChI=1S/C14H19N5O/c1-15-7-6-14(20)17-8-12-4-2-3-5-13(12)9-19-11-16-10-18-19/h2-5,10-11,15H,6-9H2,1H3,(H,17,20). The van der Waals surface area contributed by atoms with Gasteiger partial charge >= 0.3 is 0 Å². The van der Waals surface area contributed by atoms with E-state index in [1.807, 2.05) is 31.3 Å². The van der Waals surface area contributed by atoms with Gasteiger partial charge in [0, 0.05) is 19.5 Å². The fourth-order valence-corrected chi connectivity index (χ4v) is 1.89. The Hall–Kier alpha value is -2.21. The molecule has 6 nitrogen and oxygen atoms in total. The summed E-state index contributed by atoms with van der Waals surface area (Å²) in [6, 6.07) is 8.01. The van der Waals surface area contributed by atoms with E-state index in [9.17, 15) is 4.79 Å². The summed E-state index contributed by atoms with van der Waals surface area (Å²) in [6.07, 6.45) is 3.69. The first-order valence-corrected chi connectivity index (χ1v) is 6.60. The number of nitrogens with zero attached hydrogens (tertiary/aromatic N) is 3. The van der Waals surface area contributed by atoms with E-state index in [4.69, 9.17) is 0 Å². The zero-order valence-electron chi connectivity index (χ0n) is 11.5. The summed E-state index contributed by atoms with van der Waals surface area (Å²) < 4.78 is 1.77. The third kappa shape index (κ3) is 4.17. The van der Waals surface area contributed by atoms with Crippen molar-refractivity contribution in [1.29, 1.82) is 0 Å². The lowest BCUT2D eigenvalue weighted by Gasteiger charge is -2.10. The molecule has 1 aromatic carbocycles. The molecule has 0 aliphatic heterocycles. The molecule has 2 aromatic rings. The predicted octanol–water partition coefficient (Wildman–Crippen LogP) is 0.552. The maximum absolute atomic E-state index is 11.6. The van der Waals surface area contributed by atoms with Gasteiger partial charge in [0.15, 0.2) is 0 Å². The highest BCUT2D eigenvalue weighted by molar-refractivity contribution is 5.76. The van der Waals surface area contributed by atoms with E-state index < -0.39 is 0 Å². The highest BCUT2D eigenvalue weighted by atomic mass is 16.1. The summed E-state index contributed by atoms with van der Waals surface area (Å²) in [5.41, 5.74) is 2.23. The number of aromatic nitrogens is 3. The summed E-state index contributed by atoms with van der Waals surface area (Å²) in [5, 5.41) is 9.99. The Labute approximate surface area is 118 Å². The summed E-state index contributed by atoms with van der Waals surface area (Å²) >= 11 is 0. The van der Waals surface area contributed by atoms with Crippen LogP contribution >= 0.6 is 0 Å². The van der Waals surface area contributed by atoms with Gasteiger partial charge < -0.3 is 10.6 Å². The quantitative estimate of drug-likeness (QED) is 0.773. The molecule has 0 fully saturated rings. The van der Waals surface area contributed by atoms with Gasteiger partial charge in [-0.25, -0.2) is 9.67 Å². The number of hydrogen-bond acceptors (Lipinski definition) is 4. The van der Waals surface area contributed by atoms with Crippen LogP contribution in [0.4, 0.5) is 0 Å². The molecule has 0 saturated heterocycles. The van der Waals surface area contributed by atoms with Gasteiger partial charge in [-0.2, -0.15) is 5.10 Å². The van der Waals surface area contributed by atoms with Crippen LogP contribution < -0.4 is 10.6 Å². The second-order valence-electron chi connectivity index (χ2n) is 4.49. The lowest BCUT2D eigenvalue weighted by atomic mass is 10.1. The topological polar surface area (TPSA) is 71.8 Å². The molecule has 2 N–H and O–H groups in total. The summed E-state index contributed by atoms with van der Waals surface area (Å²) in [6.45, 7) is 1.88. The fourth-order valence-electron chi connectivity index (χ4n) is 1.89. The van der Waals surface area contributed by atoms with Crippen molar-refractivity contribution in [1.82, 2.24) is 25.4 Å². The minimum absolute atomic E-state index is 0.0508. The summed E-state index contributed by atoms with van der Waals surface area (Å²) in [7, 11) is 1.83.